The van der Waals surface area contributed by atoms with E-state index in [1.54, 1.807) is 25.4 Å². The van der Waals surface area contributed by atoms with Gasteiger partial charge in [0.1, 0.15) is 0 Å². The van der Waals surface area contributed by atoms with E-state index < -0.39 is 0 Å². The zero-order valence-electron chi connectivity index (χ0n) is 9.77. The van der Waals surface area contributed by atoms with Crippen LogP contribution in [-0.2, 0) is 0 Å². The topological polar surface area (TPSA) is 54.9 Å². The fourth-order valence-electron chi connectivity index (χ4n) is 1.50. The summed E-state index contributed by atoms with van der Waals surface area (Å²) in [7, 11) is 0. The fraction of sp³-hybridized carbons (Fsp3) is 0.154. The second-order valence-electron chi connectivity index (χ2n) is 3.81. The molecule has 0 aliphatic heterocycles. The molecule has 0 saturated heterocycles. The molecule has 0 saturated carbocycles. The van der Waals surface area contributed by atoms with E-state index in [0.29, 0.717) is 17.1 Å². The minimum absolute atomic E-state index is 0.169. The molecule has 1 aromatic heterocycles. The molecule has 4 heteroatoms. The van der Waals surface area contributed by atoms with Gasteiger partial charge >= 0.3 is 0 Å². The lowest BCUT2D eigenvalue weighted by atomic mass is 10.1. The molecule has 2 rings (SSSR count). The third-order valence-corrected chi connectivity index (χ3v) is 2.39. The molecule has 1 aromatic carbocycles. The standard InChI is InChI=1S/C13H13N3O/c1-9-4-3-5-11(8-9)13(17)16-12-10(2)14-6-7-15-12/h3-8H,1-2H3,(H,15,16,17). The average molecular weight is 227 g/mol. The minimum atomic E-state index is -0.169. The Labute approximate surface area is 99.7 Å². The second-order valence-corrected chi connectivity index (χ2v) is 3.81. The maximum Gasteiger partial charge on any atom is 0.256 e. The molecule has 1 heterocycles. The number of aryl methyl sites for hydroxylation is 2. The van der Waals surface area contributed by atoms with Gasteiger partial charge in [-0.05, 0) is 26.0 Å². The Morgan fingerprint density at radius 1 is 1.18 bits per heavy atom. The highest BCUT2D eigenvalue weighted by molar-refractivity contribution is 6.04. The van der Waals surface area contributed by atoms with Gasteiger partial charge in [-0.1, -0.05) is 17.7 Å². The van der Waals surface area contributed by atoms with Crippen molar-refractivity contribution in [2.75, 3.05) is 5.32 Å². The number of benzene rings is 1. The molecule has 0 aliphatic carbocycles. The lowest BCUT2D eigenvalue weighted by molar-refractivity contribution is 0.102. The third-order valence-electron chi connectivity index (χ3n) is 2.39. The van der Waals surface area contributed by atoms with E-state index in [-0.39, 0.29) is 5.91 Å². The zero-order valence-corrected chi connectivity index (χ0v) is 9.77. The van der Waals surface area contributed by atoms with Gasteiger partial charge < -0.3 is 5.32 Å². The lowest BCUT2D eigenvalue weighted by Gasteiger charge is -2.06. The highest BCUT2D eigenvalue weighted by Crippen LogP contribution is 2.10. The van der Waals surface area contributed by atoms with E-state index >= 15 is 0 Å². The number of hydrogen-bond acceptors (Lipinski definition) is 3. The Bertz CT molecular complexity index is 552. The van der Waals surface area contributed by atoms with E-state index in [9.17, 15) is 4.79 Å². The summed E-state index contributed by atoms with van der Waals surface area (Å²) in [5.41, 5.74) is 2.37. The van der Waals surface area contributed by atoms with Crippen molar-refractivity contribution in [3.05, 3.63) is 53.5 Å². The molecule has 0 radical (unpaired) electrons. The Morgan fingerprint density at radius 3 is 2.65 bits per heavy atom. The van der Waals surface area contributed by atoms with Crippen molar-refractivity contribution in [2.45, 2.75) is 13.8 Å². The smallest absolute Gasteiger partial charge is 0.256 e. The summed E-state index contributed by atoms with van der Waals surface area (Å²) in [6.45, 7) is 3.75. The summed E-state index contributed by atoms with van der Waals surface area (Å²) < 4.78 is 0. The number of rotatable bonds is 2. The Morgan fingerprint density at radius 2 is 1.94 bits per heavy atom. The molecule has 1 amide bonds. The number of carbonyl (C=O) groups excluding carboxylic acids is 1. The number of anilines is 1. The van der Waals surface area contributed by atoms with Gasteiger partial charge in [0.15, 0.2) is 5.82 Å². The van der Waals surface area contributed by atoms with Crippen molar-refractivity contribution in [3.8, 4) is 0 Å². The molecule has 1 N–H and O–H groups in total. The van der Waals surface area contributed by atoms with Crippen LogP contribution in [0, 0.1) is 13.8 Å². The number of nitrogens with zero attached hydrogens (tertiary/aromatic N) is 2. The number of nitrogens with one attached hydrogen (secondary N) is 1. The van der Waals surface area contributed by atoms with Gasteiger partial charge in [0.25, 0.3) is 5.91 Å². The SMILES string of the molecule is Cc1cccc(C(=O)Nc2nccnc2C)c1. The van der Waals surface area contributed by atoms with E-state index in [4.69, 9.17) is 0 Å². The van der Waals surface area contributed by atoms with E-state index in [0.717, 1.165) is 5.56 Å². The summed E-state index contributed by atoms with van der Waals surface area (Å²) >= 11 is 0. The summed E-state index contributed by atoms with van der Waals surface area (Å²) in [6.07, 6.45) is 3.15. The maximum absolute atomic E-state index is 11.9. The molecular weight excluding hydrogens is 214 g/mol. The summed E-state index contributed by atoms with van der Waals surface area (Å²) in [6, 6.07) is 7.41. The summed E-state index contributed by atoms with van der Waals surface area (Å²) in [5.74, 6) is 0.330. The fourth-order valence-corrected chi connectivity index (χ4v) is 1.50. The van der Waals surface area contributed by atoms with Gasteiger partial charge in [-0.25, -0.2) is 4.98 Å². The molecule has 86 valence electrons. The first-order valence-electron chi connectivity index (χ1n) is 5.32. The van der Waals surface area contributed by atoms with Crippen LogP contribution in [0.5, 0.6) is 0 Å². The first-order chi connectivity index (χ1) is 8.16. The van der Waals surface area contributed by atoms with Gasteiger partial charge in [-0.3, -0.25) is 9.78 Å². The van der Waals surface area contributed by atoms with Gasteiger partial charge in [-0.2, -0.15) is 0 Å². The number of amides is 1. The van der Waals surface area contributed by atoms with Crippen LogP contribution < -0.4 is 5.32 Å². The predicted molar refractivity (Wildman–Crippen MR) is 65.9 cm³/mol. The van der Waals surface area contributed by atoms with Crippen LogP contribution >= 0.6 is 0 Å². The van der Waals surface area contributed by atoms with Crippen molar-refractivity contribution in [1.29, 1.82) is 0 Å². The highest BCUT2D eigenvalue weighted by atomic mass is 16.1. The van der Waals surface area contributed by atoms with Gasteiger partial charge in [0, 0.05) is 18.0 Å². The van der Waals surface area contributed by atoms with E-state index in [1.807, 2.05) is 25.1 Å². The van der Waals surface area contributed by atoms with E-state index in [2.05, 4.69) is 15.3 Å². The van der Waals surface area contributed by atoms with Gasteiger partial charge in [0.05, 0.1) is 5.69 Å². The molecule has 0 fully saturated rings. The van der Waals surface area contributed by atoms with Crippen molar-refractivity contribution < 1.29 is 4.79 Å². The largest absolute Gasteiger partial charge is 0.305 e. The van der Waals surface area contributed by atoms with Gasteiger partial charge in [-0.15, -0.1) is 0 Å². The zero-order chi connectivity index (χ0) is 12.3. The summed E-state index contributed by atoms with van der Waals surface area (Å²) in [5, 5.41) is 2.74. The first kappa shape index (κ1) is 11.3. The monoisotopic (exact) mass is 227 g/mol. The van der Waals surface area contributed by atoms with Crippen LogP contribution in [0.15, 0.2) is 36.7 Å². The highest BCUT2D eigenvalue weighted by Gasteiger charge is 2.08. The van der Waals surface area contributed by atoms with Crippen LogP contribution in [0.3, 0.4) is 0 Å². The van der Waals surface area contributed by atoms with Gasteiger partial charge in [0.2, 0.25) is 0 Å². The first-order valence-corrected chi connectivity index (χ1v) is 5.32. The Balaban J connectivity index is 2.20. The third kappa shape index (κ3) is 2.66. The second kappa shape index (κ2) is 4.74. The molecule has 17 heavy (non-hydrogen) atoms. The lowest BCUT2D eigenvalue weighted by Crippen LogP contribution is -2.14. The predicted octanol–water partition coefficient (Wildman–Crippen LogP) is 2.35. The minimum Gasteiger partial charge on any atom is -0.305 e. The van der Waals surface area contributed by atoms with Crippen LogP contribution in [0.4, 0.5) is 5.82 Å². The van der Waals surface area contributed by atoms with Crippen molar-refractivity contribution >= 4 is 11.7 Å². The van der Waals surface area contributed by atoms with E-state index in [1.165, 1.54) is 0 Å². The number of carbonyl (C=O) groups is 1. The van der Waals surface area contributed by atoms with Crippen LogP contribution in [0.2, 0.25) is 0 Å². The molecule has 0 aliphatic rings. The van der Waals surface area contributed by atoms with Crippen molar-refractivity contribution in [1.82, 2.24) is 9.97 Å². The van der Waals surface area contributed by atoms with Crippen molar-refractivity contribution in [3.63, 3.8) is 0 Å². The molecular formula is C13H13N3O. The molecule has 0 spiro atoms. The Hall–Kier alpha value is -2.23. The van der Waals surface area contributed by atoms with Crippen LogP contribution in [0.1, 0.15) is 21.6 Å². The maximum atomic E-state index is 11.9. The quantitative estimate of drug-likeness (QED) is 0.856. The molecule has 0 unspecified atom stereocenters. The number of hydrogen-bond donors (Lipinski definition) is 1. The molecule has 4 nitrogen and oxygen atoms in total. The Kier molecular flexibility index (Phi) is 3.14. The molecule has 0 atom stereocenters. The summed E-state index contributed by atoms with van der Waals surface area (Å²) in [4.78, 5) is 20.1. The molecule has 0 bridgehead atoms. The normalized spacial score (nSPS) is 10.0. The van der Waals surface area contributed by atoms with Crippen LogP contribution in [0.25, 0.3) is 0 Å². The molecule has 2 aromatic rings. The van der Waals surface area contributed by atoms with Crippen molar-refractivity contribution in [2.24, 2.45) is 0 Å². The average Bonchev–Trinajstić information content (AvgIpc) is 2.32. The number of aromatic nitrogens is 2. The van der Waals surface area contributed by atoms with Crippen LogP contribution in [-0.4, -0.2) is 15.9 Å².